The zero-order valence-corrected chi connectivity index (χ0v) is 12.5. The van der Waals surface area contributed by atoms with Gasteiger partial charge in [0.2, 0.25) is 0 Å². The van der Waals surface area contributed by atoms with Crippen LogP contribution in [-0.4, -0.2) is 34.1 Å². The summed E-state index contributed by atoms with van der Waals surface area (Å²) in [5.74, 6) is 0.474. The molecule has 1 unspecified atom stereocenters. The number of carbonyl (C=O) groups excluding carboxylic acids is 1. The fourth-order valence-electron chi connectivity index (χ4n) is 2.40. The number of nitrogens with one attached hydrogen (secondary N) is 1. The van der Waals surface area contributed by atoms with Gasteiger partial charge in [0.05, 0.1) is 5.52 Å². The third kappa shape index (κ3) is 2.76. The van der Waals surface area contributed by atoms with Crippen molar-refractivity contribution in [3.05, 3.63) is 23.9 Å². The Labute approximate surface area is 119 Å². The second-order valence-corrected chi connectivity index (χ2v) is 5.77. The lowest BCUT2D eigenvalue weighted by molar-refractivity contribution is 0.0724. The molecule has 20 heavy (non-hydrogen) atoms. The predicted octanol–water partition coefficient (Wildman–Crippen LogP) is 2.65. The molecule has 0 fully saturated rings. The zero-order chi connectivity index (χ0) is 14.9. The number of H-pyrrole nitrogens is 1. The van der Waals surface area contributed by atoms with Crippen molar-refractivity contribution in [2.24, 2.45) is 5.92 Å². The standard InChI is InChI=1S/C15H22N4O/c1-9(2)7-10(3)19(4)15(20)14-12-8-11(16)5-6-13(12)17-18-14/h5-6,8-10H,7,16H2,1-4H3,(H,17,18). The number of hydrogen-bond acceptors (Lipinski definition) is 3. The van der Waals surface area contributed by atoms with Gasteiger partial charge in [0.1, 0.15) is 0 Å². The van der Waals surface area contributed by atoms with Crippen LogP contribution in [0.5, 0.6) is 0 Å². The average Bonchev–Trinajstić information content (AvgIpc) is 2.79. The Morgan fingerprint density at radius 2 is 2.10 bits per heavy atom. The molecular weight excluding hydrogens is 252 g/mol. The van der Waals surface area contributed by atoms with Gasteiger partial charge in [-0.25, -0.2) is 0 Å². The minimum absolute atomic E-state index is 0.0741. The number of hydrogen-bond donors (Lipinski definition) is 2. The molecule has 5 nitrogen and oxygen atoms in total. The van der Waals surface area contributed by atoms with E-state index in [1.165, 1.54) is 0 Å². The first-order valence-corrected chi connectivity index (χ1v) is 6.91. The SMILES string of the molecule is CC(C)CC(C)N(C)C(=O)c1n[nH]c2ccc(N)cc12. The summed E-state index contributed by atoms with van der Waals surface area (Å²) in [4.78, 5) is 14.3. The van der Waals surface area contributed by atoms with Crippen LogP contribution in [0.3, 0.4) is 0 Å². The van der Waals surface area contributed by atoms with Gasteiger partial charge < -0.3 is 10.6 Å². The number of carbonyl (C=O) groups is 1. The molecule has 1 aromatic carbocycles. The van der Waals surface area contributed by atoms with Gasteiger partial charge in [-0.3, -0.25) is 9.89 Å². The van der Waals surface area contributed by atoms with Crippen molar-refractivity contribution in [3.63, 3.8) is 0 Å². The molecular formula is C15H22N4O. The molecule has 0 aliphatic carbocycles. The topological polar surface area (TPSA) is 75.0 Å². The first-order chi connectivity index (χ1) is 9.40. The van der Waals surface area contributed by atoms with Crippen LogP contribution in [0.1, 0.15) is 37.7 Å². The smallest absolute Gasteiger partial charge is 0.274 e. The van der Waals surface area contributed by atoms with Gasteiger partial charge in [-0.05, 0) is 37.5 Å². The van der Waals surface area contributed by atoms with Crippen molar-refractivity contribution >= 4 is 22.5 Å². The van der Waals surface area contributed by atoms with Crippen molar-refractivity contribution < 1.29 is 4.79 Å². The third-order valence-corrected chi connectivity index (χ3v) is 3.58. The number of rotatable bonds is 4. The minimum Gasteiger partial charge on any atom is -0.399 e. The lowest BCUT2D eigenvalue weighted by Crippen LogP contribution is -2.36. The van der Waals surface area contributed by atoms with Gasteiger partial charge in [-0.15, -0.1) is 0 Å². The number of amides is 1. The molecule has 0 saturated heterocycles. The molecule has 1 amide bonds. The Bertz CT molecular complexity index is 617. The van der Waals surface area contributed by atoms with Crippen molar-refractivity contribution in [2.45, 2.75) is 33.2 Å². The Balaban J connectivity index is 2.29. The molecule has 0 saturated carbocycles. The van der Waals surface area contributed by atoms with E-state index < -0.39 is 0 Å². The van der Waals surface area contributed by atoms with Gasteiger partial charge >= 0.3 is 0 Å². The summed E-state index contributed by atoms with van der Waals surface area (Å²) in [5, 5.41) is 7.80. The molecule has 0 aliphatic rings. The highest BCUT2D eigenvalue weighted by molar-refractivity contribution is 6.05. The molecule has 2 aromatic rings. The third-order valence-electron chi connectivity index (χ3n) is 3.58. The van der Waals surface area contributed by atoms with Crippen molar-refractivity contribution in [1.29, 1.82) is 0 Å². The molecule has 108 valence electrons. The Kier molecular flexibility index (Phi) is 3.97. The van der Waals surface area contributed by atoms with Crippen molar-refractivity contribution in [3.8, 4) is 0 Å². The number of aromatic amines is 1. The number of anilines is 1. The van der Waals surface area contributed by atoms with Crippen LogP contribution in [0.2, 0.25) is 0 Å². The number of nitrogens with zero attached hydrogens (tertiary/aromatic N) is 2. The van der Waals surface area contributed by atoms with E-state index in [1.807, 2.05) is 13.1 Å². The highest BCUT2D eigenvalue weighted by Gasteiger charge is 2.22. The summed E-state index contributed by atoms with van der Waals surface area (Å²) >= 11 is 0. The molecule has 1 aromatic heterocycles. The average molecular weight is 274 g/mol. The van der Waals surface area contributed by atoms with Crippen LogP contribution in [0.25, 0.3) is 10.9 Å². The largest absolute Gasteiger partial charge is 0.399 e. The number of fused-ring (bicyclic) bond motifs is 1. The van der Waals surface area contributed by atoms with E-state index in [2.05, 4.69) is 31.0 Å². The van der Waals surface area contributed by atoms with Crippen LogP contribution in [0.4, 0.5) is 5.69 Å². The molecule has 0 radical (unpaired) electrons. The highest BCUT2D eigenvalue weighted by atomic mass is 16.2. The van der Waals surface area contributed by atoms with E-state index in [0.717, 1.165) is 17.3 Å². The monoisotopic (exact) mass is 274 g/mol. The second kappa shape index (κ2) is 5.53. The van der Waals surface area contributed by atoms with E-state index in [0.29, 0.717) is 17.3 Å². The molecule has 1 heterocycles. The predicted molar refractivity (Wildman–Crippen MR) is 81.5 cm³/mol. The second-order valence-electron chi connectivity index (χ2n) is 5.77. The van der Waals surface area contributed by atoms with Gasteiger partial charge in [-0.1, -0.05) is 13.8 Å². The number of nitrogens with two attached hydrogens (primary N) is 1. The normalized spacial score (nSPS) is 12.8. The lowest BCUT2D eigenvalue weighted by atomic mass is 10.0. The van der Waals surface area contributed by atoms with Crippen LogP contribution in [0.15, 0.2) is 18.2 Å². The van der Waals surface area contributed by atoms with Crippen LogP contribution in [-0.2, 0) is 0 Å². The van der Waals surface area contributed by atoms with E-state index >= 15 is 0 Å². The van der Waals surface area contributed by atoms with E-state index in [1.54, 1.807) is 17.0 Å². The lowest BCUT2D eigenvalue weighted by Gasteiger charge is -2.25. The fourth-order valence-corrected chi connectivity index (χ4v) is 2.40. The fraction of sp³-hybridized carbons (Fsp3) is 0.467. The Morgan fingerprint density at radius 1 is 1.40 bits per heavy atom. The summed E-state index contributed by atoms with van der Waals surface area (Å²) in [6.07, 6.45) is 0.965. The molecule has 3 N–H and O–H groups in total. The maximum atomic E-state index is 12.6. The van der Waals surface area contributed by atoms with Crippen LogP contribution in [0, 0.1) is 5.92 Å². The quantitative estimate of drug-likeness (QED) is 0.842. The minimum atomic E-state index is -0.0741. The summed E-state index contributed by atoms with van der Waals surface area (Å²) in [7, 11) is 1.82. The Morgan fingerprint density at radius 3 is 2.75 bits per heavy atom. The number of nitrogen functional groups attached to an aromatic ring is 1. The highest BCUT2D eigenvalue weighted by Crippen LogP contribution is 2.21. The molecule has 0 bridgehead atoms. The van der Waals surface area contributed by atoms with Crippen molar-refractivity contribution in [2.75, 3.05) is 12.8 Å². The summed E-state index contributed by atoms with van der Waals surface area (Å²) in [6.45, 7) is 6.36. The van der Waals surface area contributed by atoms with Gasteiger partial charge in [0.25, 0.3) is 5.91 Å². The van der Waals surface area contributed by atoms with Crippen LogP contribution >= 0.6 is 0 Å². The summed E-state index contributed by atoms with van der Waals surface area (Å²) < 4.78 is 0. The first-order valence-electron chi connectivity index (χ1n) is 6.91. The zero-order valence-electron chi connectivity index (χ0n) is 12.5. The number of aromatic nitrogens is 2. The van der Waals surface area contributed by atoms with E-state index in [-0.39, 0.29) is 11.9 Å². The summed E-state index contributed by atoms with van der Waals surface area (Å²) in [5.41, 5.74) is 7.68. The summed E-state index contributed by atoms with van der Waals surface area (Å²) in [6, 6.07) is 5.59. The molecule has 2 rings (SSSR count). The molecule has 0 aliphatic heterocycles. The maximum absolute atomic E-state index is 12.6. The van der Waals surface area contributed by atoms with E-state index in [9.17, 15) is 4.79 Å². The van der Waals surface area contributed by atoms with Gasteiger partial charge in [0, 0.05) is 24.2 Å². The van der Waals surface area contributed by atoms with Crippen LogP contribution < -0.4 is 5.73 Å². The number of benzene rings is 1. The van der Waals surface area contributed by atoms with E-state index in [4.69, 9.17) is 5.73 Å². The van der Waals surface area contributed by atoms with Gasteiger partial charge in [-0.2, -0.15) is 5.10 Å². The molecule has 5 heteroatoms. The first kappa shape index (κ1) is 14.4. The van der Waals surface area contributed by atoms with Crippen molar-refractivity contribution in [1.82, 2.24) is 15.1 Å². The molecule has 1 atom stereocenters. The Hall–Kier alpha value is -2.04. The van der Waals surface area contributed by atoms with Gasteiger partial charge in [0.15, 0.2) is 5.69 Å². The maximum Gasteiger partial charge on any atom is 0.274 e. The molecule has 0 spiro atoms.